The molecule has 0 saturated carbocycles. The first-order valence-corrected chi connectivity index (χ1v) is 24.6. The number of ether oxygens (including phenoxy) is 1. The highest BCUT2D eigenvalue weighted by Crippen LogP contribution is 2.63. The summed E-state index contributed by atoms with van der Waals surface area (Å²) in [5.41, 5.74) is 21.9. The highest BCUT2D eigenvalue weighted by atomic mass is 16.5. The molecule has 4 heteroatoms. The second-order valence-electron chi connectivity index (χ2n) is 21.1. The summed E-state index contributed by atoms with van der Waals surface area (Å²) >= 11 is 0. The summed E-state index contributed by atoms with van der Waals surface area (Å²) in [6.45, 7) is 11.8. The third kappa shape index (κ3) is 5.62. The number of hydrogen-bond donors (Lipinski definition) is 1. The Labute approximate surface area is 409 Å². The highest BCUT2D eigenvalue weighted by molar-refractivity contribution is 6.15. The van der Waals surface area contributed by atoms with Gasteiger partial charge in [0.1, 0.15) is 17.7 Å². The van der Waals surface area contributed by atoms with Crippen molar-refractivity contribution in [2.75, 3.05) is 0 Å². The highest BCUT2D eigenvalue weighted by Gasteiger charge is 2.52. The van der Waals surface area contributed by atoms with Gasteiger partial charge in [0.05, 0.1) is 22.2 Å². The summed E-state index contributed by atoms with van der Waals surface area (Å²) in [5, 5.41) is 6.41. The predicted octanol–water partition coefficient (Wildman–Crippen LogP) is 16.0. The Morgan fingerprint density at radius 3 is 1.91 bits per heavy atom. The molecule has 70 heavy (non-hydrogen) atoms. The van der Waals surface area contributed by atoms with Crippen molar-refractivity contribution in [3.05, 3.63) is 262 Å². The fourth-order valence-corrected chi connectivity index (χ4v) is 12.6. The van der Waals surface area contributed by atoms with Crippen LogP contribution in [0.25, 0.3) is 55.4 Å². The standard InChI is InChI=1S/C66H51N3O/c1-64(2,3)42-32-34-44-47-37-43(33-35-51(47)66(54(44)36-42)52-27-15-18-30-58(52)70-59-31-19-16-28-53(59)66)69-57-29-17-13-24-45(57)48-38-49(60-46-25-12-14-26-50(46)65(4,5)61(60)62(48)69)63-67-55(40-20-8-6-9-21-40)39-56(68-63)41-22-10-7-11-23-41/h6-39,63,67H,1-5H3. The molecular formula is C66H51N3O. The summed E-state index contributed by atoms with van der Waals surface area (Å²) in [5.74, 6) is 1.81. The van der Waals surface area contributed by atoms with E-state index in [1.54, 1.807) is 0 Å². The van der Waals surface area contributed by atoms with Crippen LogP contribution < -0.4 is 10.1 Å². The summed E-state index contributed by atoms with van der Waals surface area (Å²) in [7, 11) is 0. The molecule has 336 valence electrons. The second kappa shape index (κ2) is 14.7. The Hall–Kier alpha value is -8.21. The van der Waals surface area contributed by atoms with Gasteiger partial charge in [0.15, 0.2) is 0 Å². The number of benzene rings is 9. The van der Waals surface area contributed by atoms with Gasteiger partial charge in [0.25, 0.3) is 0 Å². The molecule has 0 bridgehead atoms. The average molecular weight is 902 g/mol. The molecule has 9 aromatic carbocycles. The van der Waals surface area contributed by atoms with E-state index in [1.807, 2.05) is 0 Å². The maximum atomic E-state index is 6.75. The van der Waals surface area contributed by atoms with Gasteiger partial charge >= 0.3 is 0 Å². The zero-order chi connectivity index (χ0) is 47.1. The van der Waals surface area contributed by atoms with Crippen LogP contribution in [0.2, 0.25) is 0 Å². The summed E-state index contributed by atoms with van der Waals surface area (Å²) in [6, 6.07) is 73.7. The molecule has 1 aromatic heterocycles. The topological polar surface area (TPSA) is 38.5 Å². The first-order chi connectivity index (χ1) is 34.1. The van der Waals surface area contributed by atoms with Crippen molar-refractivity contribution in [1.82, 2.24) is 9.88 Å². The van der Waals surface area contributed by atoms with Gasteiger partial charge in [-0.1, -0.05) is 198 Å². The lowest BCUT2D eigenvalue weighted by atomic mass is 9.65. The average Bonchev–Trinajstić information content (AvgIpc) is 3.97. The molecule has 3 heterocycles. The Balaban J connectivity index is 1.05. The molecule has 0 radical (unpaired) electrons. The molecule has 0 fully saturated rings. The smallest absolute Gasteiger partial charge is 0.146 e. The Bertz CT molecular complexity index is 3860. The monoisotopic (exact) mass is 901 g/mol. The number of fused-ring (bicyclic) bond motifs is 16. The molecule has 0 saturated heterocycles. The maximum Gasteiger partial charge on any atom is 0.146 e. The molecule has 0 amide bonds. The predicted molar refractivity (Wildman–Crippen MR) is 288 cm³/mol. The van der Waals surface area contributed by atoms with Crippen LogP contribution >= 0.6 is 0 Å². The van der Waals surface area contributed by atoms with Gasteiger partial charge in [-0.3, -0.25) is 4.99 Å². The molecule has 4 aliphatic rings. The zero-order valence-electron chi connectivity index (χ0n) is 40.0. The van der Waals surface area contributed by atoms with Crippen LogP contribution in [0.4, 0.5) is 0 Å². The molecule has 2 aliphatic heterocycles. The van der Waals surface area contributed by atoms with E-state index in [9.17, 15) is 0 Å². The fraction of sp³-hybridized carbons (Fsp3) is 0.136. The van der Waals surface area contributed by atoms with Crippen LogP contribution in [0, 0.1) is 0 Å². The lowest BCUT2D eigenvalue weighted by molar-refractivity contribution is 0.436. The largest absolute Gasteiger partial charge is 0.457 e. The number of nitrogens with one attached hydrogen (secondary N) is 1. The minimum Gasteiger partial charge on any atom is -0.457 e. The van der Waals surface area contributed by atoms with Crippen LogP contribution in [0.1, 0.15) is 96.4 Å². The van der Waals surface area contributed by atoms with E-state index in [0.29, 0.717) is 0 Å². The van der Waals surface area contributed by atoms with Crippen LogP contribution in [-0.4, -0.2) is 10.3 Å². The van der Waals surface area contributed by atoms with Crippen LogP contribution in [0.5, 0.6) is 11.5 Å². The number of aliphatic imine (C=N–C) groups is 1. The summed E-state index contributed by atoms with van der Waals surface area (Å²) < 4.78 is 9.32. The third-order valence-corrected chi connectivity index (χ3v) is 15.8. The minimum absolute atomic E-state index is 0.0477. The first-order valence-electron chi connectivity index (χ1n) is 24.6. The Morgan fingerprint density at radius 2 is 1.19 bits per heavy atom. The molecule has 14 rings (SSSR count). The fourth-order valence-electron chi connectivity index (χ4n) is 12.6. The van der Waals surface area contributed by atoms with E-state index in [4.69, 9.17) is 9.73 Å². The van der Waals surface area contributed by atoms with Crippen molar-refractivity contribution < 1.29 is 4.74 Å². The normalized spacial score (nSPS) is 16.6. The Kier molecular flexibility index (Phi) is 8.54. The van der Waals surface area contributed by atoms with E-state index >= 15 is 0 Å². The molecule has 4 nitrogen and oxygen atoms in total. The van der Waals surface area contributed by atoms with Gasteiger partial charge in [0, 0.05) is 44.3 Å². The number of allylic oxidation sites excluding steroid dienone is 1. The molecule has 1 atom stereocenters. The molecular weight excluding hydrogens is 851 g/mol. The maximum absolute atomic E-state index is 6.75. The zero-order valence-corrected chi connectivity index (χ0v) is 40.0. The summed E-state index contributed by atoms with van der Waals surface area (Å²) in [4.78, 5) is 5.62. The number of rotatable bonds is 4. The van der Waals surface area contributed by atoms with Gasteiger partial charge < -0.3 is 14.6 Å². The van der Waals surface area contributed by atoms with Gasteiger partial charge in [-0.2, -0.15) is 0 Å². The van der Waals surface area contributed by atoms with Gasteiger partial charge in [0.2, 0.25) is 0 Å². The SMILES string of the molecule is CC(C)(C)c1ccc2c(c1)C1(c3ccccc3Oc3ccccc31)c1ccc(-n3c4ccccc4c4cc(C5N=C(c6ccccc6)C=C(c6ccccc6)N5)c5c(c43)C(C)(C)c3ccccc3-5)cc1-2. The lowest BCUT2D eigenvalue weighted by Crippen LogP contribution is -2.32. The third-order valence-electron chi connectivity index (χ3n) is 15.8. The molecule has 1 spiro atoms. The number of aromatic nitrogens is 1. The van der Waals surface area contributed by atoms with Crippen molar-refractivity contribution in [3.8, 4) is 39.4 Å². The minimum atomic E-state index is -0.574. The van der Waals surface area contributed by atoms with Crippen LogP contribution in [-0.2, 0) is 16.2 Å². The van der Waals surface area contributed by atoms with E-state index in [0.717, 1.165) is 39.7 Å². The van der Waals surface area contributed by atoms with Crippen molar-refractivity contribution >= 4 is 33.2 Å². The van der Waals surface area contributed by atoms with Gasteiger partial charge in [-0.15, -0.1) is 0 Å². The quantitative estimate of drug-likeness (QED) is 0.191. The van der Waals surface area contributed by atoms with E-state index in [2.05, 4.69) is 251 Å². The van der Waals surface area contributed by atoms with Gasteiger partial charge in [-0.25, -0.2) is 0 Å². The summed E-state index contributed by atoms with van der Waals surface area (Å²) in [6.07, 6.45) is 1.86. The van der Waals surface area contributed by atoms with Crippen molar-refractivity contribution in [1.29, 1.82) is 0 Å². The van der Waals surface area contributed by atoms with E-state index in [1.165, 1.54) is 88.6 Å². The molecule has 1 N–H and O–H groups in total. The van der Waals surface area contributed by atoms with E-state index < -0.39 is 5.41 Å². The molecule has 1 unspecified atom stereocenters. The first kappa shape index (κ1) is 40.8. The molecule has 10 aromatic rings. The lowest BCUT2D eigenvalue weighted by Gasteiger charge is -2.39. The van der Waals surface area contributed by atoms with Crippen LogP contribution in [0.3, 0.4) is 0 Å². The number of para-hydroxylation sites is 3. The number of hydrogen-bond acceptors (Lipinski definition) is 3. The van der Waals surface area contributed by atoms with Crippen molar-refractivity contribution in [2.45, 2.75) is 57.0 Å². The Morgan fingerprint density at radius 1 is 0.543 bits per heavy atom. The number of nitrogens with zero attached hydrogens (tertiary/aromatic N) is 2. The molecule has 2 aliphatic carbocycles. The second-order valence-corrected chi connectivity index (χ2v) is 21.1. The van der Waals surface area contributed by atoms with E-state index in [-0.39, 0.29) is 17.0 Å². The van der Waals surface area contributed by atoms with Crippen LogP contribution in [0.15, 0.2) is 211 Å². The van der Waals surface area contributed by atoms with Crippen molar-refractivity contribution in [2.24, 2.45) is 4.99 Å². The van der Waals surface area contributed by atoms with Gasteiger partial charge in [-0.05, 0) is 109 Å². The van der Waals surface area contributed by atoms with Crippen molar-refractivity contribution in [3.63, 3.8) is 0 Å².